The molecule has 0 fully saturated rings. The zero-order chi connectivity index (χ0) is 17.8. The van der Waals surface area contributed by atoms with Gasteiger partial charge in [-0.15, -0.1) is 10.2 Å². The van der Waals surface area contributed by atoms with Gasteiger partial charge in [0.05, 0.1) is 5.25 Å². The molecule has 1 aromatic rings. The van der Waals surface area contributed by atoms with Gasteiger partial charge in [-0.3, -0.25) is 10.1 Å². The summed E-state index contributed by atoms with van der Waals surface area (Å²) < 4.78 is 0.677. The Balaban J connectivity index is 2.54. The van der Waals surface area contributed by atoms with E-state index >= 15 is 0 Å². The van der Waals surface area contributed by atoms with Crippen LogP contribution in [0, 0.1) is 0 Å². The Hall–Kier alpha value is -1.35. The number of thioether (sulfide) groups is 1. The van der Waals surface area contributed by atoms with Crippen molar-refractivity contribution in [1.82, 2.24) is 20.8 Å². The predicted molar refractivity (Wildman–Crippen MR) is 95.0 cm³/mol. The molecule has 0 saturated heterocycles. The number of rotatable bonds is 4. The van der Waals surface area contributed by atoms with E-state index in [0.717, 1.165) is 0 Å². The molecule has 3 amide bonds. The molecule has 7 nitrogen and oxygen atoms in total. The standard InChI is InChI=1S/C14H25N5O2S2/c1-8(9(20)15-10(21)16-13(2,3)4)22-12-19-18-11(23-12)17-14(5,6)7/h8H,1-7H3,(H,17,18)(H2,15,16,20,21). The van der Waals surface area contributed by atoms with Gasteiger partial charge in [-0.2, -0.15) is 0 Å². The van der Waals surface area contributed by atoms with Crippen molar-refractivity contribution >= 4 is 40.2 Å². The minimum absolute atomic E-state index is 0.102. The highest BCUT2D eigenvalue weighted by Gasteiger charge is 2.22. The molecule has 23 heavy (non-hydrogen) atoms. The van der Waals surface area contributed by atoms with Crippen LogP contribution in [0.2, 0.25) is 0 Å². The fraction of sp³-hybridized carbons (Fsp3) is 0.714. The van der Waals surface area contributed by atoms with Crippen LogP contribution in [0.3, 0.4) is 0 Å². The van der Waals surface area contributed by atoms with E-state index in [4.69, 9.17) is 0 Å². The summed E-state index contributed by atoms with van der Waals surface area (Å²) in [5.41, 5.74) is -0.497. The Kier molecular flexibility index (Phi) is 6.41. The number of aromatic nitrogens is 2. The van der Waals surface area contributed by atoms with Gasteiger partial charge in [0, 0.05) is 11.1 Å². The van der Waals surface area contributed by atoms with E-state index in [2.05, 4.69) is 26.1 Å². The number of carbonyl (C=O) groups is 2. The number of urea groups is 1. The lowest BCUT2D eigenvalue weighted by atomic mass is 10.1. The lowest BCUT2D eigenvalue weighted by Gasteiger charge is -2.21. The molecular weight excluding hydrogens is 334 g/mol. The van der Waals surface area contributed by atoms with Crippen LogP contribution in [0.15, 0.2) is 4.34 Å². The Morgan fingerprint density at radius 2 is 1.70 bits per heavy atom. The molecule has 0 saturated carbocycles. The Morgan fingerprint density at radius 3 is 2.22 bits per heavy atom. The summed E-state index contributed by atoms with van der Waals surface area (Å²) in [5.74, 6) is -0.364. The largest absolute Gasteiger partial charge is 0.355 e. The van der Waals surface area contributed by atoms with Gasteiger partial charge in [-0.1, -0.05) is 23.1 Å². The maximum absolute atomic E-state index is 12.0. The molecule has 0 bridgehead atoms. The minimum atomic E-state index is -0.498. The fourth-order valence-electron chi connectivity index (χ4n) is 1.42. The molecule has 0 radical (unpaired) electrons. The first-order chi connectivity index (χ1) is 10.4. The van der Waals surface area contributed by atoms with Gasteiger partial charge in [-0.25, -0.2) is 4.79 Å². The number of imide groups is 1. The zero-order valence-corrected chi connectivity index (χ0v) is 16.2. The monoisotopic (exact) mass is 359 g/mol. The average molecular weight is 360 g/mol. The lowest BCUT2D eigenvalue weighted by Crippen LogP contribution is -2.49. The third kappa shape index (κ3) is 8.17. The van der Waals surface area contributed by atoms with Gasteiger partial charge in [0.25, 0.3) is 0 Å². The van der Waals surface area contributed by atoms with E-state index < -0.39 is 16.8 Å². The zero-order valence-electron chi connectivity index (χ0n) is 14.6. The molecular formula is C14H25N5O2S2. The Labute approximate surface area is 145 Å². The maximum atomic E-state index is 12.0. The summed E-state index contributed by atoms with van der Waals surface area (Å²) in [6.45, 7) is 13.4. The van der Waals surface area contributed by atoms with Crippen molar-refractivity contribution in [2.75, 3.05) is 5.32 Å². The molecule has 130 valence electrons. The van der Waals surface area contributed by atoms with E-state index in [1.807, 2.05) is 41.5 Å². The lowest BCUT2D eigenvalue weighted by molar-refractivity contribution is -0.119. The number of nitrogens with one attached hydrogen (secondary N) is 3. The second kappa shape index (κ2) is 7.48. The third-order valence-corrected chi connectivity index (χ3v) is 4.28. The number of hydrogen-bond acceptors (Lipinski definition) is 7. The van der Waals surface area contributed by atoms with Crippen LogP contribution in [0.1, 0.15) is 48.5 Å². The summed E-state index contributed by atoms with van der Waals surface area (Å²) in [6, 6.07) is -0.498. The van der Waals surface area contributed by atoms with E-state index in [9.17, 15) is 9.59 Å². The molecule has 0 aliphatic rings. The van der Waals surface area contributed by atoms with Crippen molar-refractivity contribution in [2.24, 2.45) is 0 Å². The molecule has 3 N–H and O–H groups in total. The van der Waals surface area contributed by atoms with Crippen LogP contribution >= 0.6 is 23.1 Å². The molecule has 1 atom stereocenters. The van der Waals surface area contributed by atoms with Crippen molar-refractivity contribution in [3.63, 3.8) is 0 Å². The van der Waals surface area contributed by atoms with Crippen molar-refractivity contribution < 1.29 is 9.59 Å². The van der Waals surface area contributed by atoms with Crippen LogP contribution in [0.25, 0.3) is 0 Å². The quantitative estimate of drug-likeness (QED) is 0.716. The molecule has 9 heteroatoms. The van der Waals surface area contributed by atoms with Crippen LogP contribution in [-0.2, 0) is 4.79 Å². The van der Waals surface area contributed by atoms with Gasteiger partial charge in [0.1, 0.15) is 0 Å². The normalized spacial score (nSPS) is 13.3. The maximum Gasteiger partial charge on any atom is 0.321 e. The van der Waals surface area contributed by atoms with Crippen LogP contribution in [0.5, 0.6) is 0 Å². The molecule has 0 aromatic carbocycles. The molecule has 1 rings (SSSR count). The van der Waals surface area contributed by atoms with Gasteiger partial charge >= 0.3 is 6.03 Å². The van der Waals surface area contributed by atoms with Gasteiger partial charge in [0.15, 0.2) is 4.34 Å². The molecule has 1 aromatic heterocycles. The first-order valence-corrected chi connectivity index (χ1v) is 8.97. The summed E-state index contributed by atoms with van der Waals surface area (Å²) in [6.07, 6.45) is 0. The number of hydrogen-bond donors (Lipinski definition) is 3. The Bertz CT molecular complexity index is 560. The Morgan fingerprint density at radius 1 is 1.09 bits per heavy atom. The van der Waals surface area contributed by atoms with Crippen molar-refractivity contribution in [3.8, 4) is 0 Å². The molecule has 1 unspecified atom stereocenters. The summed E-state index contributed by atoms with van der Waals surface area (Å²) in [5, 5.41) is 16.6. The van der Waals surface area contributed by atoms with E-state index in [1.165, 1.54) is 23.1 Å². The van der Waals surface area contributed by atoms with E-state index in [1.54, 1.807) is 6.92 Å². The highest BCUT2D eigenvalue weighted by Crippen LogP contribution is 2.30. The van der Waals surface area contributed by atoms with Crippen LogP contribution < -0.4 is 16.0 Å². The summed E-state index contributed by atoms with van der Waals surface area (Å²) >= 11 is 2.65. The predicted octanol–water partition coefficient (Wildman–Crippen LogP) is 2.85. The number of anilines is 1. The first-order valence-electron chi connectivity index (χ1n) is 7.27. The van der Waals surface area contributed by atoms with Gasteiger partial charge in [-0.05, 0) is 48.5 Å². The topological polar surface area (TPSA) is 96.0 Å². The summed E-state index contributed by atoms with van der Waals surface area (Å²) in [4.78, 5) is 23.7. The van der Waals surface area contributed by atoms with Gasteiger partial charge in [0.2, 0.25) is 11.0 Å². The van der Waals surface area contributed by atoms with E-state index in [0.29, 0.717) is 9.47 Å². The van der Waals surface area contributed by atoms with Crippen molar-refractivity contribution in [1.29, 1.82) is 0 Å². The minimum Gasteiger partial charge on any atom is -0.355 e. The smallest absolute Gasteiger partial charge is 0.321 e. The van der Waals surface area contributed by atoms with Crippen LogP contribution in [0.4, 0.5) is 9.93 Å². The number of nitrogens with zero attached hydrogens (tertiary/aromatic N) is 2. The third-order valence-electron chi connectivity index (χ3n) is 2.26. The van der Waals surface area contributed by atoms with E-state index in [-0.39, 0.29) is 11.4 Å². The van der Waals surface area contributed by atoms with Crippen molar-refractivity contribution in [2.45, 2.75) is 69.1 Å². The van der Waals surface area contributed by atoms with Crippen molar-refractivity contribution in [3.05, 3.63) is 0 Å². The number of amides is 3. The SMILES string of the molecule is CC(Sc1nnc(NC(C)(C)C)s1)C(=O)NC(=O)NC(C)(C)C. The van der Waals surface area contributed by atoms with Gasteiger partial charge < -0.3 is 10.6 Å². The average Bonchev–Trinajstić information content (AvgIpc) is 2.70. The summed E-state index contributed by atoms with van der Waals surface area (Å²) in [7, 11) is 0. The molecule has 0 spiro atoms. The second-order valence-corrected chi connectivity index (χ2v) is 9.77. The number of carbonyl (C=O) groups excluding carboxylic acids is 2. The molecule has 0 aliphatic heterocycles. The second-order valence-electron chi connectivity index (χ2n) is 7.20. The first kappa shape index (κ1) is 19.7. The molecule has 1 heterocycles. The highest BCUT2D eigenvalue weighted by molar-refractivity contribution is 8.02. The fourth-order valence-corrected chi connectivity index (χ4v) is 3.52. The molecule has 0 aliphatic carbocycles. The highest BCUT2D eigenvalue weighted by atomic mass is 32.2. The van der Waals surface area contributed by atoms with Crippen LogP contribution in [-0.4, -0.2) is 38.5 Å².